The van der Waals surface area contributed by atoms with E-state index in [0.29, 0.717) is 19.3 Å². The highest BCUT2D eigenvalue weighted by molar-refractivity contribution is 5.79. The summed E-state index contributed by atoms with van der Waals surface area (Å²) in [4.78, 5) is 14.1. The molecule has 20 atom stereocenters. The number of ketones is 1. The second kappa shape index (κ2) is 15.2. The molecule has 0 saturated carbocycles. The highest BCUT2D eigenvalue weighted by Crippen LogP contribution is 2.49. The molecule has 0 amide bonds. The highest BCUT2D eigenvalue weighted by atomic mass is 16.7. The Morgan fingerprint density at radius 2 is 1.36 bits per heavy atom. The summed E-state index contributed by atoms with van der Waals surface area (Å²) in [5, 5.41) is 10.6. The van der Waals surface area contributed by atoms with E-state index in [0.717, 1.165) is 68.9 Å². The molecule has 0 aromatic carbocycles. The Bertz CT molecular complexity index is 1380. The SMILES string of the molecule is C=C1CC2CC[C@H]3OC4C5CC3O[C@H]3C(O5)[C@H]4OC4CCC(CC(=O)CC5[C@@H](OC)C(CC(O)CN)O[C@H]5CC5OC(CCC1O2)CC(C)C5=C)O[C@@H]43. The van der Waals surface area contributed by atoms with Crippen molar-refractivity contribution in [2.24, 2.45) is 17.6 Å². The third kappa shape index (κ3) is 7.15. The van der Waals surface area contributed by atoms with Crippen molar-refractivity contribution in [2.45, 2.75) is 200 Å². The van der Waals surface area contributed by atoms with Crippen LogP contribution >= 0.6 is 0 Å². The van der Waals surface area contributed by atoms with Crippen LogP contribution in [0.2, 0.25) is 0 Å². The van der Waals surface area contributed by atoms with Crippen molar-refractivity contribution in [3.63, 3.8) is 0 Å². The van der Waals surface area contributed by atoms with E-state index >= 15 is 0 Å². The minimum Gasteiger partial charge on any atom is -0.392 e. The van der Waals surface area contributed by atoms with Gasteiger partial charge in [-0.2, -0.15) is 0 Å². The number of methoxy groups -OCH3 is 1. The average Bonchev–Trinajstić information content (AvgIpc) is 3.74. The first kappa shape index (κ1) is 37.3. The fourth-order valence-corrected chi connectivity index (χ4v) is 11.4. The number of carbonyl (C=O) groups excluding carboxylic acids is 1. The minimum atomic E-state index is -0.728. The molecule has 12 heteroatoms. The van der Waals surface area contributed by atoms with E-state index in [1.54, 1.807) is 7.11 Å². The van der Waals surface area contributed by atoms with Gasteiger partial charge in [0.2, 0.25) is 0 Å². The fraction of sp³-hybridized carbons (Fsp3) is 0.878. The first-order valence-corrected chi connectivity index (χ1v) is 20.7. The van der Waals surface area contributed by atoms with Crippen molar-refractivity contribution in [3.05, 3.63) is 24.3 Å². The second-order valence-electron chi connectivity index (χ2n) is 17.7. The van der Waals surface area contributed by atoms with Gasteiger partial charge in [-0.05, 0) is 68.4 Å². The van der Waals surface area contributed by atoms with Crippen LogP contribution in [0.4, 0.5) is 0 Å². The lowest BCUT2D eigenvalue weighted by atomic mass is 9.81. The molecule has 10 bridgehead atoms. The van der Waals surface area contributed by atoms with E-state index in [1.807, 2.05) is 0 Å². The molecule has 0 radical (unpaired) electrons. The normalized spacial score (nSPS) is 51.8. The molecule has 0 aromatic heterocycles. The molecule has 9 heterocycles. The van der Waals surface area contributed by atoms with Crippen LogP contribution in [-0.2, 0) is 47.4 Å². The van der Waals surface area contributed by atoms with Crippen LogP contribution < -0.4 is 5.73 Å². The van der Waals surface area contributed by atoms with Crippen molar-refractivity contribution in [2.75, 3.05) is 13.7 Å². The number of aliphatic hydroxyl groups is 1. The number of rotatable bonds is 4. The summed E-state index contributed by atoms with van der Waals surface area (Å²) < 4.78 is 60.1. The summed E-state index contributed by atoms with van der Waals surface area (Å²) in [6.07, 6.45) is 5.34. The highest BCUT2D eigenvalue weighted by Gasteiger charge is 2.64. The van der Waals surface area contributed by atoms with Crippen molar-refractivity contribution in [3.8, 4) is 0 Å². The zero-order chi connectivity index (χ0) is 36.5. The Morgan fingerprint density at radius 3 is 2.15 bits per heavy atom. The molecule has 53 heavy (non-hydrogen) atoms. The number of hydrogen-bond acceptors (Lipinski definition) is 12. The number of carbonyl (C=O) groups is 1. The molecule has 14 unspecified atom stereocenters. The van der Waals surface area contributed by atoms with Gasteiger partial charge < -0.3 is 53.5 Å². The molecular weight excluding hydrogens is 682 g/mol. The van der Waals surface area contributed by atoms with E-state index in [1.165, 1.54) is 0 Å². The smallest absolute Gasteiger partial charge is 0.135 e. The predicted molar refractivity (Wildman–Crippen MR) is 191 cm³/mol. The number of nitrogens with two attached hydrogens (primary N) is 1. The molecule has 9 fully saturated rings. The standard InChI is InChI=1S/C41H61NO11/c1-19-11-24-5-8-28-20(2)12-25(46-28)6-9-29-33-17-35-38(50-29)40-41(53-35)39(52-33)37-30(51-40)10-7-26(48-37)13-22(43)14-27-32(16-31(47-24)21(19)3)49-34(36(27)45-4)15-23(44)18-42/h19,23-41,44H,2-3,5-18,42H2,1,4H3/t19?,23?,24?,25?,26?,27?,28?,29-,30?,31?,32+,33?,34?,35?,36-,37+,38?,39-,40+,41?/m1/s1. The van der Waals surface area contributed by atoms with Gasteiger partial charge >= 0.3 is 0 Å². The van der Waals surface area contributed by atoms with Crippen LogP contribution in [0.5, 0.6) is 0 Å². The van der Waals surface area contributed by atoms with Gasteiger partial charge in [0.25, 0.3) is 0 Å². The zero-order valence-electron chi connectivity index (χ0n) is 31.5. The number of Topliss-reactive ketones (excluding diaryl/α,β-unsaturated/α-hetero) is 1. The molecule has 12 nitrogen and oxygen atoms in total. The van der Waals surface area contributed by atoms with Crippen molar-refractivity contribution in [1.82, 2.24) is 0 Å². The fourth-order valence-electron chi connectivity index (χ4n) is 11.4. The number of ether oxygens (including phenoxy) is 9. The van der Waals surface area contributed by atoms with Crippen LogP contribution in [0.25, 0.3) is 0 Å². The molecule has 9 aliphatic rings. The van der Waals surface area contributed by atoms with Gasteiger partial charge in [0.15, 0.2) is 0 Å². The topological polar surface area (TPSA) is 146 Å². The lowest BCUT2D eigenvalue weighted by Gasteiger charge is -2.51. The van der Waals surface area contributed by atoms with E-state index in [4.69, 9.17) is 48.4 Å². The largest absolute Gasteiger partial charge is 0.392 e. The summed E-state index contributed by atoms with van der Waals surface area (Å²) in [5.74, 6) is 0.172. The maximum atomic E-state index is 14.1. The Kier molecular flexibility index (Phi) is 10.7. The number of hydrogen-bond donors (Lipinski definition) is 2. The number of aliphatic hydroxyl groups excluding tert-OH is 1. The monoisotopic (exact) mass is 743 g/mol. The average molecular weight is 744 g/mol. The molecule has 0 aliphatic carbocycles. The summed E-state index contributed by atoms with van der Waals surface area (Å²) in [6.45, 7) is 11.3. The minimum absolute atomic E-state index is 0.00232. The molecule has 9 rings (SSSR count). The van der Waals surface area contributed by atoms with E-state index in [2.05, 4.69) is 20.1 Å². The van der Waals surface area contributed by atoms with Crippen molar-refractivity contribution in [1.29, 1.82) is 0 Å². The third-order valence-corrected chi connectivity index (χ3v) is 14.2. The van der Waals surface area contributed by atoms with E-state index in [9.17, 15) is 9.90 Å². The lowest BCUT2D eigenvalue weighted by molar-refractivity contribution is -0.301. The Labute approximate surface area is 313 Å². The summed E-state index contributed by atoms with van der Waals surface area (Å²) in [6, 6.07) is 0. The van der Waals surface area contributed by atoms with Crippen molar-refractivity contribution < 1.29 is 52.5 Å². The quantitative estimate of drug-likeness (QED) is 0.407. The molecule has 3 N–H and O–H groups in total. The van der Waals surface area contributed by atoms with Crippen LogP contribution in [0.15, 0.2) is 24.3 Å². The van der Waals surface area contributed by atoms with Crippen LogP contribution in [-0.4, -0.2) is 134 Å². The van der Waals surface area contributed by atoms with Crippen LogP contribution in [0, 0.1) is 11.8 Å². The van der Waals surface area contributed by atoms with Crippen LogP contribution in [0.1, 0.15) is 90.4 Å². The van der Waals surface area contributed by atoms with Gasteiger partial charge in [0.05, 0.1) is 79.4 Å². The van der Waals surface area contributed by atoms with Crippen molar-refractivity contribution >= 4 is 5.78 Å². The Morgan fingerprint density at radius 1 is 0.698 bits per heavy atom. The van der Waals surface area contributed by atoms with E-state index < -0.39 is 12.2 Å². The molecule has 0 aromatic rings. The van der Waals surface area contributed by atoms with E-state index in [-0.39, 0.29) is 128 Å². The van der Waals surface area contributed by atoms with Gasteiger partial charge in [-0.1, -0.05) is 20.1 Å². The zero-order valence-corrected chi connectivity index (χ0v) is 31.5. The first-order valence-electron chi connectivity index (χ1n) is 20.7. The lowest BCUT2D eigenvalue weighted by Crippen LogP contribution is -2.66. The van der Waals surface area contributed by atoms with Gasteiger partial charge in [-0.15, -0.1) is 0 Å². The molecule has 0 spiro atoms. The maximum absolute atomic E-state index is 14.1. The van der Waals surface area contributed by atoms with Gasteiger partial charge in [0.1, 0.15) is 36.3 Å². The third-order valence-electron chi connectivity index (χ3n) is 14.2. The predicted octanol–water partition coefficient (Wildman–Crippen LogP) is 3.48. The molecule has 296 valence electrons. The molecular formula is C41H61NO11. The Hall–Kier alpha value is -1.29. The van der Waals surface area contributed by atoms with Crippen LogP contribution in [0.3, 0.4) is 0 Å². The van der Waals surface area contributed by atoms with Gasteiger partial charge in [-0.25, -0.2) is 0 Å². The summed E-state index contributed by atoms with van der Waals surface area (Å²) >= 11 is 0. The maximum Gasteiger partial charge on any atom is 0.135 e. The number of fused-ring (bicyclic) bond motifs is 7. The van der Waals surface area contributed by atoms with Gasteiger partial charge in [-0.3, -0.25) is 4.79 Å². The summed E-state index contributed by atoms with van der Waals surface area (Å²) in [7, 11) is 1.66. The molecule has 9 aliphatic heterocycles. The Balaban J connectivity index is 0.985. The summed E-state index contributed by atoms with van der Waals surface area (Å²) in [5.41, 5.74) is 8.03. The molecule has 9 saturated heterocycles. The first-order chi connectivity index (χ1) is 25.6. The second-order valence-corrected chi connectivity index (χ2v) is 17.7. The van der Waals surface area contributed by atoms with Gasteiger partial charge in [0, 0.05) is 51.7 Å².